The van der Waals surface area contributed by atoms with Gasteiger partial charge in [-0.1, -0.05) is 0 Å². The summed E-state index contributed by atoms with van der Waals surface area (Å²) in [5, 5.41) is 0. The zero-order chi connectivity index (χ0) is 15.7. The van der Waals surface area contributed by atoms with Crippen LogP contribution in [-0.2, 0) is 16.2 Å². The first kappa shape index (κ1) is 16.1. The average molecular weight is 323 g/mol. The van der Waals surface area contributed by atoms with Gasteiger partial charge in [-0.05, 0) is 37.1 Å². The summed E-state index contributed by atoms with van der Waals surface area (Å²) in [6, 6.07) is 4.51. The molecule has 0 amide bonds. The number of hydrogen-bond acceptors (Lipinski definition) is 3. The van der Waals surface area contributed by atoms with Crippen LogP contribution in [0, 0.1) is 0 Å². The first-order valence-electron chi connectivity index (χ1n) is 6.45. The van der Waals surface area contributed by atoms with Crippen molar-refractivity contribution in [2.24, 2.45) is 0 Å². The average Bonchev–Trinajstić information content (AvgIpc) is 2.38. The molecule has 0 atom stereocenters. The lowest BCUT2D eigenvalue weighted by Gasteiger charge is -2.30. The van der Waals surface area contributed by atoms with E-state index in [4.69, 9.17) is 4.74 Å². The van der Waals surface area contributed by atoms with Gasteiger partial charge in [0.2, 0.25) is 10.0 Å². The topological polar surface area (TPSA) is 46.6 Å². The lowest BCUT2D eigenvalue weighted by molar-refractivity contribution is -0.137. The predicted octanol–water partition coefficient (Wildman–Crippen LogP) is 2.51. The SMILES string of the molecule is CS(=O)(=O)N1CCC(Oc2ccc(C(F)(F)F)cc2)CC1. The van der Waals surface area contributed by atoms with Crippen molar-refractivity contribution in [1.82, 2.24) is 4.31 Å². The van der Waals surface area contributed by atoms with Crippen LogP contribution in [0.5, 0.6) is 5.75 Å². The first-order valence-corrected chi connectivity index (χ1v) is 8.30. The molecule has 4 nitrogen and oxygen atoms in total. The second-order valence-electron chi connectivity index (χ2n) is 5.00. The van der Waals surface area contributed by atoms with Crippen molar-refractivity contribution in [3.63, 3.8) is 0 Å². The Morgan fingerprint density at radius 2 is 1.67 bits per heavy atom. The van der Waals surface area contributed by atoms with Crippen LogP contribution in [0.4, 0.5) is 13.2 Å². The molecule has 21 heavy (non-hydrogen) atoms. The first-order chi connectivity index (χ1) is 9.66. The van der Waals surface area contributed by atoms with E-state index in [2.05, 4.69) is 0 Å². The molecule has 0 unspecified atom stereocenters. The molecule has 0 spiro atoms. The third-order valence-electron chi connectivity index (χ3n) is 3.35. The number of ether oxygens (including phenoxy) is 1. The molecule has 0 aromatic heterocycles. The standard InChI is InChI=1S/C13H16F3NO3S/c1-21(18,19)17-8-6-12(7-9-17)20-11-4-2-10(3-5-11)13(14,15)16/h2-5,12H,6-9H2,1H3. The molecule has 118 valence electrons. The van der Waals surface area contributed by atoms with Crippen LogP contribution in [0.3, 0.4) is 0 Å². The fourth-order valence-electron chi connectivity index (χ4n) is 2.20. The van der Waals surface area contributed by atoms with Gasteiger partial charge < -0.3 is 4.74 Å². The molecule has 1 heterocycles. The van der Waals surface area contributed by atoms with E-state index >= 15 is 0 Å². The molecule has 1 aromatic carbocycles. The van der Waals surface area contributed by atoms with Crippen LogP contribution < -0.4 is 4.74 Å². The minimum Gasteiger partial charge on any atom is -0.490 e. The van der Waals surface area contributed by atoms with Crippen LogP contribution in [0.1, 0.15) is 18.4 Å². The highest BCUT2D eigenvalue weighted by Crippen LogP contribution is 2.30. The Balaban J connectivity index is 1.92. The highest BCUT2D eigenvalue weighted by atomic mass is 32.2. The van der Waals surface area contributed by atoms with E-state index in [9.17, 15) is 21.6 Å². The summed E-state index contributed by atoms with van der Waals surface area (Å²) in [5.41, 5.74) is -0.721. The molecule has 1 aliphatic rings. The van der Waals surface area contributed by atoms with Crippen LogP contribution in [0.15, 0.2) is 24.3 Å². The number of nitrogens with zero attached hydrogens (tertiary/aromatic N) is 1. The summed E-state index contributed by atoms with van der Waals surface area (Å²) in [5.74, 6) is 0.362. The second kappa shape index (κ2) is 5.84. The van der Waals surface area contributed by atoms with E-state index in [0.29, 0.717) is 31.7 Å². The molecule has 0 radical (unpaired) electrons. The molecule has 1 saturated heterocycles. The highest BCUT2D eigenvalue weighted by Gasteiger charge is 2.30. The van der Waals surface area contributed by atoms with Gasteiger partial charge >= 0.3 is 6.18 Å². The highest BCUT2D eigenvalue weighted by molar-refractivity contribution is 7.88. The van der Waals surface area contributed by atoms with E-state index in [1.165, 1.54) is 16.4 Å². The molecule has 0 aliphatic carbocycles. The van der Waals surface area contributed by atoms with Crippen LogP contribution in [0.25, 0.3) is 0 Å². The lowest BCUT2D eigenvalue weighted by Crippen LogP contribution is -2.41. The fraction of sp³-hybridized carbons (Fsp3) is 0.538. The van der Waals surface area contributed by atoms with Gasteiger partial charge in [-0.25, -0.2) is 12.7 Å². The summed E-state index contributed by atoms with van der Waals surface area (Å²) >= 11 is 0. The molecule has 0 N–H and O–H groups in total. The van der Waals surface area contributed by atoms with Crippen molar-refractivity contribution < 1.29 is 26.3 Å². The number of halogens is 3. The Kier molecular flexibility index (Phi) is 4.48. The number of hydrogen-bond donors (Lipinski definition) is 0. The Morgan fingerprint density at radius 1 is 1.14 bits per heavy atom. The number of rotatable bonds is 3. The minimum atomic E-state index is -4.36. The molecule has 1 fully saturated rings. The van der Waals surface area contributed by atoms with Crippen LogP contribution in [-0.4, -0.2) is 38.2 Å². The molecular formula is C13H16F3NO3S. The molecule has 1 aliphatic heterocycles. The van der Waals surface area contributed by atoms with Gasteiger partial charge in [-0.2, -0.15) is 13.2 Å². The van der Waals surface area contributed by atoms with Crippen molar-refractivity contribution in [2.45, 2.75) is 25.1 Å². The third kappa shape index (κ3) is 4.34. The predicted molar refractivity (Wildman–Crippen MR) is 71.5 cm³/mol. The van der Waals surface area contributed by atoms with Crippen molar-refractivity contribution in [2.75, 3.05) is 19.3 Å². The number of piperidine rings is 1. The van der Waals surface area contributed by atoms with E-state index in [1.807, 2.05) is 0 Å². The number of sulfonamides is 1. The Hall–Kier alpha value is -1.28. The maximum absolute atomic E-state index is 12.4. The van der Waals surface area contributed by atoms with E-state index in [0.717, 1.165) is 18.4 Å². The van der Waals surface area contributed by atoms with Crippen molar-refractivity contribution in [3.05, 3.63) is 29.8 Å². The van der Waals surface area contributed by atoms with E-state index in [-0.39, 0.29) is 6.10 Å². The largest absolute Gasteiger partial charge is 0.490 e. The molecule has 2 rings (SSSR count). The maximum atomic E-state index is 12.4. The van der Waals surface area contributed by atoms with Gasteiger partial charge in [0.15, 0.2) is 0 Å². The monoisotopic (exact) mass is 323 g/mol. The lowest BCUT2D eigenvalue weighted by atomic mass is 10.1. The summed E-state index contributed by atoms with van der Waals surface area (Å²) in [4.78, 5) is 0. The smallest absolute Gasteiger partial charge is 0.416 e. The van der Waals surface area contributed by atoms with Gasteiger partial charge in [-0.15, -0.1) is 0 Å². The zero-order valence-corrected chi connectivity index (χ0v) is 12.2. The third-order valence-corrected chi connectivity index (χ3v) is 4.66. The van der Waals surface area contributed by atoms with Crippen LogP contribution >= 0.6 is 0 Å². The summed E-state index contributed by atoms with van der Waals surface area (Å²) < 4.78 is 67.0. The van der Waals surface area contributed by atoms with Crippen LogP contribution in [0.2, 0.25) is 0 Å². The Bertz CT molecular complexity index is 576. The van der Waals surface area contributed by atoms with Crippen molar-refractivity contribution >= 4 is 10.0 Å². The van der Waals surface area contributed by atoms with Gasteiger partial charge in [0.05, 0.1) is 11.8 Å². The van der Waals surface area contributed by atoms with Crippen molar-refractivity contribution in [1.29, 1.82) is 0 Å². The fourth-order valence-corrected chi connectivity index (χ4v) is 3.07. The molecule has 0 bridgehead atoms. The quantitative estimate of drug-likeness (QED) is 0.859. The Morgan fingerprint density at radius 3 is 2.10 bits per heavy atom. The van der Waals surface area contributed by atoms with Gasteiger partial charge in [0.1, 0.15) is 11.9 Å². The summed E-state index contributed by atoms with van der Waals surface area (Å²) in [6.07, 6.45) is -2.34. The molecule has 1 aromatic rings. The Labute approximate surface area is 121 Å². The number of alkyl halides is 3. The number of benzene rings is 1. The summed E-state index contributed by atoms with van der Waals surface area (Å²) in [6.45, 7) is 0.730. The van der Waals surface area contributed by atoms with E-state index in [1.54, 1.807) is 0 Å². The van der Waals surface area contributed by atoms with Gasteiger partial charge in [0.25, 0.3) is 0 Å². The summed E-state index contributed by atoms with van der Waals surface area (Å²) in [7, 11) is -3.19. The zero-order valence-electron chi connectivity index (χ0n) is 11.4. The normalized spacial score (nSPS) is 18.7. The van der Waals surface area contributed by atoms with Crippen molar-refractivity contribution in [3.8, 4) is 5.75 Å². The van der Waals surface area contributed by atoms with Gasteiger partial charge in [0, 0.05) is 13.1 Å². The molecule has 0 saturated carbocycles. The van der Waals surface area contributed by atoms with Gasteiger partial charge in [-0.3, -0.25) is 0 Å². The molecular weight excluding hydrogens is 307 g/mol. The maximum Gasteiger partial charge on any atom is 0.416 e. The van der Waals surface area contributed by atoms with E-state index < -0.39 is 21.8 Å². The minimum absolute atomic E-state index is 0.181. The second-order valence-corrected chi connectivity index (χ2v) is 6.98. The molecule has 8 heteroatoms.